The van der Waals surface area contributed by atoms with Crippen LogP contribution in [-0.4, -0.2) is 38.5 Å². The molecule has 0 aliphatic carbocycles. The average Bonchev–Trinajstić information content (AvgIpc) is 3.52. The second-order valence-corrected chi connectivity index (χ2v) is 9.46. The smallest absolute Gasteiger partial charge is 0.335 e. The van der Waals surface area contributed by atoms with Crippen LogP contribution in [0.25, 0.3) is 11.3 Å². The lowest BCUT2D eigenvalue weighted by atomic mass is 10.0. The largest absolute Gasteiger partial charge is 0.478 e. The van der Waals surface area contributed by atoms with E-state index in [0.717, 1.165) is 16.9 Å². The third-order valence-electron chi connectivity index (χ3n) is 6.39. The number of aryl methyl sites for hydroxylation is 1. The van der Waals surface area contributed by atoms with Gasteiger partial charge in [0.2, 0.25) is 5.91 Å². The van der Waals surface area contributed by atoms with Gasteiger partial charge in [-0.15, -0.1) is 0 Å². The number of carboxylic acids is 1. The lowest BCUT2D eigenvalue weighted by Crippen LogP contribution is -2.32. The van der Waals surface area contributed by atoms with Crippen LogP contribution in [0.3, 0.4) is 0 Å². The minimum atomic E-state index is -1.01. The minimum Gasteiger partial charge on any atom is -0.478 e. The summed E-state index contributed by atoms with van der Waals surface area (Å²) in [5, 5.41) is 16.2. The molecule has 2 atom stereocenters. The van der Waals surface area contributed by atoms with Gasteiger partial charge in [-0.2, -0.15) is 0 Å². The average molecular weight is 527 g/mol. The van der Waals surface area contributed by atoms with Crippen LogP contribution >= 0.6 is 12.2 Å². The number of aromatic nitrogens is 1. The number of nitrogens with zero attached hydrogens (tertiary/aromatic N) is 2. The van der Waals surface area contributed by atoms with Crippen LogP contribution in [0.15, 0.2) is 89.5 Å². The zero-order chi connectivity index (χ0) is 26.6. The Morgan fingerprint density at radius 2 is 1.92 bits per heavy atom. The number of anilines is 1. The zero-order valence-electron chi connectivity index (χ0n) is 20.6. The zero-order valence-corrected chi connectivity index (χ0v) is 21.4. The summed E-state index contributed by atoms with van der Waals surface area (Å²) in [6.07, 6.45) is 1.94. The second kappa shape index (κ2) is 10.9. The summed E-state index contributed by atoms with van der Waals surface area (Å²) in [7, 11) is 0. The quantitative estimate of drug-likeness (QED) is 0.264. The molecule has 0 bridgehead atoms. The highest BCUT2D eigenvalue weighted by atomic mass is 32.1. The van der Waals surface area contributed by atoms with E-state index in [1.807, 2.05) is 66.4 Å². The Kier molecular flexibility index (Phi) is 7.19. The molecule has 1 fully saturated rings. The predicted molar refractivity (Wildman–Crippen MR) is 148 cm³/mol. The molecular weight excluding hydrogens is 500 g/mol. The van der Waals surface area contributed by atoms with Crippen molar-refractivity contribution in [3.05, 3.63) is 108 Å². The normalized spacial score (nSPS) is 16.8. The highest BCUT2D eigenvalue weighted by Crippen LogP contribution is 2.40. The van der Waals surface area contributed by atoms with Crippen molar-refractivity contribution in [2.45, 2.75) is 25.4 Å². The summed E-state index contributed by atoms with van der Waals surface area (Å²) in [4.78, 5) is 30.7. The molecule has 38 heavy (non-hydrogen) atoms. The van der Waals surface area contributed by atoms with Crippen LogP contribution in [0.2, 0.25) is 0 Å². The van der Waals surface area contributed by atoms with Gasteiger partial charge in [0.05, 0.1) is 17.3 Å². The van der Waals surface area contributed by atoms with Crippen molar-refractivity contribution in [3.8, 4) is 11.3 Å². The lowest BCUT2D eigenvalue weighted by molar-refractivity contribution is -0.116. The summed E-state index contributed by atoms with van der Waals surface area (Å²) < 4.78 is 6.27. The van der Waals surface area contributed by atoms with Crippen molar-refractivity contribution in [3.63, 3.8) is 0 Å². The summed E-state index contributed by atoms with van der Waals surface area (Å²) in [5.41, 5.74) is 3.44. The first-order valence-corrected chi connectivity index (χ1v) is 12.6. The Bertz CT molecular complexity index is 1490. The fourth-order valence-corrected chi connectivity index (χ4v) is 4.93. The van der Waals surface area contributed by atoms with Gasteiger partial charge < -0.3 is 25.1 Å². The molecule has 1 aliphatic heterocycles. The summed E-state index contributed by atoms with van der Waals surface area (Å²) in [5.74, 6) is 0.0408. The molecule has 3 heterocycles. The number of carboxylic acid groups (broad SMARTS) is 1. The molecular formula is C29H26N4O4S. The first-order chi connectivity index (χ1) is 18.4. The van der Waals surface area contributed by atoms with E-state index < -0.39 is 5.97 Å². The topological polar surface area (TPSA) is 108 Å². The third kappa shape index (κ3) is 5.42. The molecule has 1 saturated heterocycles. The monoisotopic (exact) mass is 526 g/mol. The number of thiocarbonyl (C=S) groups is 1. The summed E-state index contributed by atoms with van der Waals surface area (Å²) >= 11 is 5.69. The lowest BCUT2D eigenvalue weighted by Gasteiger charge is -2.25. The number of nitrogens with one attached hydrogen (secondary N) is 2. The van der Waals surface area contributed by atoms with Crippen LogP contribution in [0.1, 0.15) is 45.9 Å². The van der Waals surface area contributed by atoms with E-state index >= 15 is 0 Å². The number of hydrogen-bond acceptors (Lipinski definition) is 5. The van der Waals surface area contributed by atoms with E-state index in [9.17, 15) is 14.7 Å². The molecule has 192 valence electrons. The number of carbonyl (C=O) groups excluding carboxylic acids is 1. The van der Waals surface area contributed by atoms with Gasteiger partial charge in [0, 0.05) is 30.4 Å². The number of carbonyl (C=O) groups is 2. The molecule has 0 spiro atoms. The first-order valence-electron chi connectivity index (χ1n) is 12.2. The van der Waals surface area contributed by atoms with E-state index in [4.69, 9.17) is 16.6 Å². The van der Waals surface area contributed by atoms with Gasteiger partial charge in [0.25, 0.3) is 0 Å². The van der Waals surface area contributed by atoms with Gasteiger partial charge >= 0.3 is 5.97 Å². The number of hydrogen-bond donors (Lipinski definition) is 3. The van der Waals surface area contributed by atoms with E-state index in [1.54, 1.807) is 24.4 Å². The molecule has 9 heteroatoms. The standard InChI is InChI=1S/C29H26N4O4S/c1-18-6-4-9-21(16-18)31-25(34)13-15-33-27(26(32-29(33)38)22-10-2-3-14-30-22)24-12-11-23(37-24)19-7-5-8-20(17-19)28(35)36/h2-12,14,16-17,26-27H,13,15H2,1H3,(H,31,34)(H,32,38)(H,35,36)/t26-,27+/m1/s1. The molecule has 4 aromatic rings. The SMILES string of the molecule is Cc1cccc(NC(=O)CCN2C(=S)N[C@H](c3ccccn3)[C@@H]2c2ccc(-c3cccc(C(=O)O)c3)o2)c1. The number of benzene rings is 2. The van der Waals surface area contributed by atoms with Gasteiger partial charge in [-0.1, -0.05) is 30.3 Å². The van der Waals surface area contributed by atoms with E-state index in [2.05, 4.69) is 15.6 Å². The molecule has 3 N–H and O–H groups in total. The number of amides is 1. The number of pyridine rings is 1. The van der Waals surface area contributed by atoms with Crippen LogP contribution in [0.4, 0.5) is 5.69 Å². The predicted octanol–water partition coefficient (Wildman–Crippen LogP) is 5.35. The van der Waals surface area contributed by atoms with Crippen LogP contribution in [0.5, 0.6) is 0 Å². The fraction of sp³-hybridized carbons (Fsp3) is 0.172. The van der Waals surface area contributed by atoms with Crippen LogP contribution < -0.4 is 10.6 Å². The number of furan rings is 1. The van der Waals surface area contributed by atoms with Gasteiger partial charge in [-0.25, -0.2) is 4.79 Å². The first kappa shape index (κ1) is 25.2. The van der Waals surface area contributed by atoms with E-state index in [1.165, 1.54) is 6.07 Å². The highest BCUT2D eigenvalue weighted by molar-refractivity contribution is 7.80. The maximum atomic E-state index is 12.8. The van der Waals surface area contributed by atoms with Gasteiger partial charge in [-0.3, -0.25) is 9.78 Å². The van der Waals surface area contributed by atoms with Gasteiger partial charge in [-0.05, 0) is 73.2 Å². The molecule has 5 rings (SSSR count). The van der Waals surface area contributed by atoms with Gasteiger partial charge in [0.15, 0.2) is 5.11 Å². The molecule has 2 aromatic carbocycles. The molecule has 0 radical (unpaired) electrons. The Morgan fingerprint density at radius 1 is 1.08 bits per heavy atom. The summed E-state index contributed by atoms with van der Waals surface area (Å²) in [6, 6.07) is 22.9. The van der Waals surface area contributed by atoms with Crippen LogP contribution in [-0.2, 0) is 4.79 Å². The van der Waals surface area contributed by atoms with Gasteiger partial charge in [0.1, 0.15) is 17.6 Å². The number of aromatic carboxylic acids is 1. The Hall–Kier alpha value is -4.50. The Balaban J connectivity index is 1.41. The number of rotatable bonds is 8. The van der Waals surface area contributed by atoms with Crippen molar-refractivity contribution in [2.24, 2.45) is 0 Å². The molecule has 0 saturated carbocycles. The van der Waals surface area contributed by atoms with Crippen molar-refractivity contribution in [1.82, 2.24) is 15.2 Å². The maximum Gasteiger partial charge on any atom is 0.335 e. The van der Waals surface area contributed by atoms with Crippen molar-refractivity contribution >= 4 is 34.9 Å². The minimum absolute atomic E-state index is 0.121. The fourth-order valence-electron chi connectivity index (χ4n) is 4.60. The van der Waals surface area contributed by atoms with Crippen molar-refractivity contribution < 1.29 is 19.1 Å². The highest BCUT2D eigenvalue weighted by Gasteiger charge is 2.41. The summed E-state index contributed by atoms with van der Waals surface area (Å²) in [6.45, 7) is 2.34. The third-order valence-corrected chi connectivity index (χ3v) is 6.74. The molecule has 2 aromatic heterocycles. The Morgan fingerprint density at radius 3 is 2.68 bits per heavy atom. The van der Waals surface area contributed by atoms with Crippen molar-refractivity contribution in [2.75, 3.05) is 11.9 Å². The second-order valence-electron chi connectivity index (χ2n) is 9.08. The molecule has 8 nitrogen and oxygen atoms in total. The van der Waals surface area contributed by atoms with Crippen molar-refractivity contribution in [1.29, 1.82) is 0 Å². The molecule has 1 amide bonds. The van der Waals surface area contributed by atoms with E-state index in [0.29, 0.717) is 28.7 Å². The molecule has 0 unspecified atom stereocenters. The van der Waals surface area contributed by atoms with E-state index in [-0.39, 0.29) is 30.0 Å². The van der Waals surface area contributed by atoms with Crippen LogP contribution in [0, 0.1) is 6.92 Å². The Labute approximate surface area is 225 Å². The maximum absolute atomic E-state index is 12.8. The molecule has 1 aliphatic rings.